The van der Waals surface area contributed by atoms with E-state index in [4.69, 9.17) is 28.4 Å². The highest BCUT2D eigenvalue weighted by molar-refractivity contribution is 5.93. The van der Waals surface area contributed by atoms with Gasteiger partial charge in [0.1, 0.15) is 56.6 Å². The van der Waals surface area contributed by atoms with Gasteiger partial charge in [0.05, 0.1) is 17.7 Å². The van der Waals surface area contributed by atoms with Gasteiger partial charge in [-0.05, 0) is 43.7 Å². The maximum Gasteiger partial charge on any atom is 0.338 e. The van der Waals surface area contributed by atoms with E-state index < -0.39 is 55.2 Å². The predicted molar refractivity (Wildman–Crippen MR) is 135 cm³/mol. The van der Waals surface area contributed by atoms with Gasteiger partial charge < -0.3 is 43.7 Å². The summed E-state index contributed by atoms with van der Waals surface area (Å²) in [6.07, 6.45) is -7.33. The van der Waals surface area contributed by atoms with Gasteiger partial charge in [-0.15, -0.1) is 0 Å². The zero-order valence-electron chi connectivity index (χ0n) is 21.9. The highest BCUT2D eigenvalue weighted by Gasteiger charge is 2.44. The largest absolute Gasteiger partial charge is 0.490 e. The van der Waals surface area contributed by atoms with Crippen molar-refractivity contribution in [3.05, 3.63) is 72.0 Å². The van der Waals surface area contributed by atoms with E-state index in [0.717, 1.165) is 0 Å². The van der Waals surface area contributed by atoms with E-state index in [0.29, 0.717) is 11.3 Å². The summed E-state index contributed by atoms with van der Waals surface area (Å²) in [5.74, 6) is -1.60. The molecule has 39 heavy (non-hydrogen) atoms. The summed E-state index contributed by atoms with van der Waals surface area (Å²) >= 11 is 0. The Bertz CT molecular complexity index is 1050. The van der Waals surface area contributed by atoms with Crippen LogP contribution in [0.5, 0.6) is 0 Å². The van der Waals surface area contributed by atoms with Crippen molar-refractivity contribution in [2.24, 2.45) is 0 Å². The van der Waals surface area contributed by atoms with Crippen molar-refractivity contribution < 1.29 is 58.1 Å². The minimum atomic E-state index is -1.63. The fourth-order valence-corrected chi connectivity index (χ4v) is 3.10. The summed E-state index contributed by atoms with van der Waals surface area (Å²) in [7, 11) is 0. The second-order valence-electron chi connectivity index (χ2n) is 8.67. The topological polar surface area (TPSA) is 167 Å². The number of aliphatic hydroxyl groups excluding tert-OH is 3. The van der Waals surface area contributed by atoms with Crippen molar-refractivity contribution in [1.29, 1.82) is 0 Å². The molecule has 12 nitrogen and oxygen atoms in total. The third-order valence-corrected chi connectivity index (χ3v) is 5.42. The van der Waals surface area contributed by atoms with Gasteiger partial charge in [0.2, 0.25) is 0 Å². The lowest BCUT2D eigenvalue weighted by Crippen LogP contribution is -2.59. The zero-order chi connectivity index (χ0) is 29.1. The van der Waals surface area contributed by atoms with Crippen LogP contribution in [0.4, 0.5) is 0 Å². The molecule has 12 heteroatoms. The van der Waals surface area contributed by atoms with Crippen molar-refractivity contribution in [3.63, 3.8) is 0 Å². The summed E-state index contributed by atoms with van der Waals surface area (Å²) in [6.45, 7) is 13.2. The first-order valence-corrected chi connectivity index (χ1v) is 12.0. The van der Waals surface area contributed by atoms with Crippen molar-refractivity contribution in [3.8, 4) is 0 Å². The summed E-state index contributed by atoms with van der Waals surface area (Å²) in [4.78, 5) is 36.0. The van der Waals surface area contributed by atoms with Gasteiger partial charge in [-0.1, -0.05) is 19.7 Å². The molecule has 2 rings (SSSR count). The standard InChI is InChI=1S/C27H34O12/c1-15(2)17(5)34-10-11-35-25(32)18-6-8-19(9-7-18)26(33)36-12-13-37-27-23(30)22(29)21(28)20(39-27)14-38-24(31)16(3)4/h6-9,20-23,27-30H,1,3,5,10-14H2,2,4H3/t20?,21-,22+,23?,27+/m1/s1. The second kappa shape index (κ2) is 15.1. The second-order valence-corrected chi connectivity index (χ2v) is 8.67. The fraction of sp³-hybridized carbons (Fsp3) is 0.444. The van der Waals surface area contributed by atoms with Crippen molar-refractivity contribution >= 4 is 17.9 Å². The molecule has 0 bridgehead atoms. The monoisotopic (exact) mass is 550 g/mol. The van der Waals surface area contributed by atoms with Crippen LogP contribution in [0.15, 0.2) is 60.9 Å². The zero-order valence-corrected chi connectivity index (χ0v) is 21.9. The van der Waals surface area contributed by atoms with Crippen LogP contribution in [0.1, 0.15) is 34.6 Å². The molecule has 1 heterocycles. The quantitative estimate of drug-likeness (QED) is 0.0753. The van der Waals surface area contributed by atoms with Crippen LogP contribution >= 0.6 is 0 Å². The first-order chi connectivity index (χ1) is 18.4. The molecule has 1 aliphatic heterocycles. The van der Waals surface area contributed by atoms with Crippen molar-refractivity contribution in [1.82, 2.24) is 0 Å². The number of hydrogen-bond donors (Lipinski definition) is 3. The summed E-state index contributed by atoms with van der Waals surface area (Å²) < 4.78 is 31.2. The molecule has 214 valence electrons. The number of carbonyl (C=O) groups is 3. The Morgan fingerprint density at radius 3 is 1.77 bits per heavy atom. The molecular formula is C27H34O12. The van der Waals surface area contributed by atoms with E-state index in [1.165, 1.54) is 31.2 Å². The third-order valence-electron chi connectivity index (χ3n) is 5.42. The Hall–Kier alpha value is -3.55. The molecule has 0 aromatic heterocycles. The van der Waals surface area contributed by atoms with Crippen LogP contribution in [0, 0.1) is 0 Å². The normalized spacial score (nSPS) is 22.3. The number of carbonyl (C=O) groups excluding carboxylic acids is 3. The van der Waals surface area contributed by atoms with Gasteiger partial charge in [0, 0.05) is 5.57 Å². The molecule has 2 unspecified atom stereocenters. The molecule has 1 saturated heterocycles. The number of benzene rings is 1. The molecule has 0 spiro atoms. The lowest BCUT2D eigenvalue weighted by molar-refractivity contribution is -0.302. The van der Waals surface area contributed by atoms with Gasteiger partial charge in [-0.25, -0.2) is 14.4 Å². The van der Waals surface area contributed by atoms with Gasteiger partial charge in [-0.2, -0.15) is 0 Å². The van der Waals surface area contributed by atoms with Crippen molar-refractivity contribution in [2.45, 2.75) is 44.6 Å². The van der Waals surface area contributed by atoms with Crippen LogP contribution in [-0.4, -0.2) is 97.0 Å². The number of rotatable bonds is 14. The van der Waals surface area contributed by atoms with Crippen LogP contribution in [0.2, 0.25) is 0 Å². The van der Waals surface area contributed by atoms with E-state index in [1.807, 2.05) is 0 Å². The number of aliphatic hydroxyl groups is 3. The Labute approximate surface area is 226 Å². The molecular weight excluding hydrogens is 516 g/mol. The highest BCUT2D eigenvalue weighted by atomic mass is 16.7. The maximum absolute atomic E-state index is 12.3. The predicted octanol–water partition coefficient (Wildman–Crippen LogP) is 1.05. The molecule has 0 aliphatic carbocycles. The van der Waals surface area contributed by atoms with Crippen LogP contribution < -0.4 is 0 Å². The van der Waals surface area contributed by atoms with Crippen LogP contribution in [0.3, 0.4) is 0 Å². The number of ether oxygens (including phenoxy) is 6. The average Bonchev–Trinajstić information content (AvgIpc) is 2.91. The van der Waals surface area contributed by atoms with Crippen LogP contribution in [-0.2, 0) is 33.2 Å². The van der Waals surface area contributed by atoms with E-state index >= 15 is 0 Å². The van der Waals surface area contributed by atoms with Gasteiger partial charge in [-0.3, -0.25) is 0 Å². The highest BCUT2D eigenvalue weighted by Crippen LogP contribution is 2.22. The summed E-state index contributed by atoms with van der Waals surface area (Å²) in [6, 6.07) is 5.59. The Kier molecular flexibility index (Phi) is 12.3. The molecule has 1 aromatic rings. The average molecular weight is 551 g/mol. The fourth-order valence-electron chi connectivity index (χ4n) is 3.10. The molecule has 1 aliphatic rings. The summed E-state index contributed by atoms with van der Waals surface area (Å²) in [5.41, 5.74) is 1.19. The SMILES string of the molecule is C=C(C)C(=C)OCCOC(=O)c1ccc(C(=O)OCCO[C@H]2OC(COC(=O)C(=C)C)[C@@H](O)[C@H](O)C2O)cc1. The molecule has 0 amide bonds. The molecule has 1 aromatic carbocycles. The lowest BCUT2D eigenvalue weighted by atomic mass is 9.99. The summed E-state index contributed by atoms with van der Waals surface area (Å²) in [5, 5.41) is 30.3. The maximum atomic E-state index is 12.3. The minimum Gasteiger partial charge on any atom is -0.490 e. The van der Waals surface area contributed by atoms with E-state index in [9.17, 15) is 29.7 Å². The molecule has 5 atom stereocenters. The Balaban J connectivity index is 1.76. The molecule has 1 fully saturated rings. The third kappa shape index (κ3) is 9.61. The number of hydrogen-bond acceptors (Lipinski definition) is 12. The van der Waals surface area contributed by atoms with Gasteiger partial charge in [0.25, 0.3) is 0 Å². The Morgan fingerprint density at radius 1 is 0.744 bits per heavy atom. The molecule has 0 radical (unpaired) electrons. The number of allylic oxidation sites excluding steroid dienone is 1. The van der Waals surface area contributed by atoms with Gasteiger partial charge in [0.15, 0.2) is 6.29 Å². The van der Waals surface area contributed by atoms with E-state index in [2.05, 4.69) is 19.7 Å². The first-order valence-electron chi connectivity index (χ1n) is 12.0. The Morgan fingerprint density at radius 2 is 1.26 bits per heavy atom. The van der Waals surface area contributed by atoms with E-state index in [1.54, 1.807) is 6.92 Å². The van der Waals surface area contributed by atoms with Crippen LogP contribution in [0.25, 0.3) is 0 Å². The van der Waals surface area contributed by atoms with E-state index in [-0.39, 0.29) is 43.1 Å². The first kappa shape index (κ1) is 31.7. The smallest absolute Gasteiger partial charge is 0.338 e. The minimum absolute atomic E-state index is 0.00467. The number of esters is 3. The van der Waals surface area contributed by atoms with Gasteiger partial charge >= 0.3 is 17.9 Å². The molecule has 0 saturated carbocycles. The lowest BCUT2D eigenvalue weighted by Gasteiger charge is -2.39. The van der Waals surface area contributed by atoms with Crippen molar-refractivity contribution in [2.75, 3.05) is 33.0 Å². The molecule has 3 N–H and O–H groups in total.